The molecule has 0 saturated carbocycles. The molecule has 29 heavy (non-hydrogen) atoms. The largest absolute Gasteiger partial charge is 0.428 e. The molecule has 0 spiro atoms. The Labute approximate surface area is 181 Å². The minimum Gasteiger partial charge on any atom is -0.428 e. The fourth-order valence-corrected chi connectivity index (χ4v) is 3.29. The standard InChI is InChI=1S/C21H13Cl3FNO3/c1-11-3-2-4-12(5-11)13-6-17(24)20(18(25)7-13)26-21(28)14-8-15(22)16(23)9-19(14)29-10-27/h2-10H,1H3,(H,26,28). The topological polar surface area (TPSA) is 55.4 Å². The molecule has 0 atom stereocenters. The number of nitrogens with one attached hydrogen (secondary N) is 1. The van der Waals surface area contributed by atoms with Gasteiger partial charge in [-0.2, -0.15) is 0 Å². The number of anilines is 1. The maximum atomic E-state index is 14.7. The van der Waals surface area contributed by atoms with Gasteiger partial charge >= 0.3 is 0 Å². The smallest absolute Gasteiger partial charge is 0.298 e. The van der Waals surface area contributed by atoms with Crippen LogP contribution in [0.5, 0.6) is 5.75 Å². The van der Waals surface area contributed by atoms with Crippen molar-refractivity contribution in [3.63, 3.8) is 0 Å². The van der Waals surface area contributed by atoms with E-state index in [0.29, 0.717) is 5.56 Å². The molecular weight excluding hydrogens is 440 g/mol. The summed E-state index contributed by atoms with van der Waals surface area (Å²) in [5.41, 5.74) is 2.04. The zero-order valence-electron chi connectivity index (χ0n) is 14.9. The Hall–Kier alpha value is -2.60. The maximum absolute atomic E-state index is 14.7. The van der Waals surface area contributed by atoms with Crippen molar-refractivity contribution in [2.75, 3.05) is 5.32 Å². The molecule has 0 aliphatic rings. The summed E-state index contributed by atoms with van der Waals surface area (Å²) < 4.78 is 19.5. The van der Waals surface area contributed by atoms with Gasteiger partial charge in [0.25, 0.3) is 12.4 Å². The van der Waals surface area contributed by atoms with Crippen molar-refractivity contribution in [2.45, 2.75) is 6.92 Å². The minimum absolute atomic E-state index is 0.00720. The van der Waals surface area contributed by atoms with Gasteiger partial charge in [-0.05, 0) is 36.2 Å². The van der Waals surface area contributed by atoms with E-state index in [0.717, 1.165) is 11.1 Å². The predicted molar refractivity (Wildman–Crippen MR) is 113 cm³/mol. The van der Waals surface area contributed by atoms with E-state index in [1.165, 1.54) is 18.2 Å². The van der Waals surface area contributed by atoms with Crippen molar-refractivity contribution in [3.8, 4) is 16.9 Å². The van der Waals surface area contributed by atoms with Crippen molar-refractivity contribution in [2.24, 2.45) is 0 Å². The second-order valence-electron chi connectivity index (χ2n) is 6.12. The van der Waals surface area contributed by atoms with E-state index < -0.39 is 11.7 Å². The van der Waals surface area contributed by atoms with Gasteiger partial charge in [0.15, 0.2) is 0 Å². The second-order valence-corrected chi connectivity index (χ2v) is 7.34. The van der Waals surface area contributed by atoms with Crippen LogP contribution in [0.4, 0.5) is 10.1 Å². The first-order valence-corrected chi connectivity index (χ1v) is 9.40. The molecule has 4 nitrogen and oxygen atoms in total. The van der Waals surface area contributed by atoms with Crippen molar-refractivity contribution in [1.29, 1.82) is 0 Å². The van der Waals surface area contributed by atoms with Crippen molar-refractivity contribution in [1.82, 2.24) is 0 Å². The fourth-order valence-electron chi connectivity index (χ4n) is 2.72. The Morgan fingerprint density at radius 2 is 1.72 bits per heavy atom. The van der Waals surface area contributed by atoms with Gasteiger partial charge in [-0.25, -0.2) is 4.39 Å². The van der Waals surface area contributed by atoms with Crippen LogP contribution in [-0.2, 0) is 4.79 Å². The number of carbonyl (C=O) groups excluding carboxylic acids is 2. The van der Waals surface area contributed by atoms with Crippen LogP contribution < -0.4 is 10.1 Å². The fraction of sp³-hybridized carbons (Fsp3) is 0.0476. The van der Waals surface area contributed by atoms with Crippen LogP contribution in [0, 0.1) is 12.7 Å². The molecule has 0 saturated heterocycles. The molecule has 0 bridgehead atoms. The van der Waals surface area contributed by atoms with E-state index in [1.54, 1.807) is 6.07 Å². The lowest BCUT2D eigenvalue weighted by Gasteiger charge is -2.13. The highest BCUT2D eigenvalue weighted by Gasteiger charge is 2.20. The molecule has 1 amide bonds. The van der Waals surface area contributed by atoms with Crippen LogP contribution in [-0.4, -0.2) is 12.4 Å². The van der Waals surface area contributed by atoms with Crippen molar-refractivity contribution < 1.29 is 18.7 Å². The maximum Gasteiger partial charge on any atom is 0.298 e. The third kappa shape index (κ3) is 4.70. The third-order valence-corrected chi connectivity index (χ3v) is 5.09. The van der Waals surface area contributed by atoms with Gasteiger partial charge in [-0.3, -0.25) is 9.59 Å². The van der Waals surface area contributed by atoms with E-state index in [9.17, 15) is 14.0 Å². The molecule has 0 fully saturated rings. The minimum atomic E-state index is -0.774. The third-order valence-electron chi connectivity index (χ3n) is 4.07. The van der Waals surface area contributed by atoms with E-state index in [1.807, 2.05) is 31.2 Å². The Kier molecular flexibility index (Phi) is 6.42. The highest BCUT2D eigenvalue weighted by Crippen LogP contribution is 2.34. The lowest BCUT2D eigenvalue weighted by Crippen LogP contribution is -2.15. The first kappa shape index (κ1) is 21.1. The van der Waals surface area contributed by atoms with Crippen LogP contribution in [0.2, 0.25) is 15.1 Å². The number of benzene rings is 3. The predicted octanol–water partition coefficient (Wildman–Crippen LogP) is 6.55. The SMILES string of the molecule is Cc1cccc(-c2cc(F)c(NC(=O)c3cc(Cl)c(Cl)cc3OC=O)c(Cl)c2)c1. The summed E-state index contributed by atoms with van der Waals surface area (Å²) in [6.45, 7) is 2.06. The van der Waals surface area contributed by atoms with E-state index in [2.05, 4.69) is 5.32 Å². The normalized spacial score (nSPS) is 10.5. The summed E-state index contributed by atoms with van der Waals surface area (Å²) in [4.78, 5) is 23.3. The van der Waals surface area contributed by atoms with Gasteiger partial charge in [-0.1, -0.05) is 64.6 Å². The number of hydrogen-bond donors (Lipinski definition) is 1. The number of halogens is 4. The van der Waals surface area contributed by atoms with Crippen LogP contribution in [0.15, 0.2) is 48.5 Å². The van der Waals surface area contributed by atoms with Gasteiger partial charge in [0, 0.05) is 6.07 Å². The monoisotopic (exact) mass is 451 g/mol. The average Bonchev–Trinajstić information content (AvgIpc) is 2.67. The van der Waals surface area contributed by atoms with Gasteiger partial charge in [-0.15, -0.1) is 0 Å². The van der Waals surface area contributed by atoms with Crippen molar-refractivity contribution >= 4 is 52.9 Å². The quantitative estimate of drug-likeness (QED) is 0.447. The summed E-state index contributed by atoms with van der Waals surface area (Å²) in [5, 5.41) is 2.55. The number of amides is 1. The lowest BCUT2D eigenvalue weighted by molar-refractivity contribution is -0.120. The van der Waals surface area contributed by atoms with Crippen LogP contribution >= 0.6 is 34.8 Å². The summed E-state index contributed by atoms with van der Waals surface area (Å²) >= 11 is 18.0. The molecular formula is C21H13Cl3FNO3. The highest BCUT2D eigenvalue weighted by molar-refractivity contribution is 6.42. The van der Waals surface area contributed by atoms with Gasteiger partial charge in [0.2, 0.25) is 0 Å². The molecule has 0 unspecified atom stereocenters. The molecule has 8 heteroatoms. The Morgan fingerprint density at radius 3 is 2.38 bits per heavy atom. The lowest BCUT2D eigenvalue weighted by atomic mass is 10.0. The molecule has 0 aliphatic carbocycles. The van der Waals surface area contributed by atoms with E-state index >= 15 is 0 Å². The summed E-state index contributed by atoms with van der Waals surface area (Å²) in [7, 11) is 0. The van der Waals surface area contributed by atoms with Crippen LogP contribution in [0.25, 0.3) is 11.1 Å². The molecule has 0 radical (unpaired) electrons. The molecule has 0 aromatic heterocycles. The summed E-state index contributed by atoms with van der Waals surface area (Å²) in [5.74, 6) is -1.62. The molecule has 148 valence electrons. The van der Waals surface area contributed by atoms with E-state index in [-0.39, 0.29) is 38.5 Å². The first-order valence-electron chi connectivity index (χ1n) is 8.27. The number of ether oxygens (including phenoxy) is 1. The first-order chi connectivity index (χ1) is 13.8. The van der Waals surface area contributed by atoms with Gasteiger partial charge in [0.05, 0.1) is 26.3 Å². The van der Waals surface area contributed by atoms with E-state index in [4.69, 9.17) is 39.5 Å². The molecule has 0 aliphatic heterocycles. The van der Waals surface area contributed by atoms with Gasteiger partial charge < -0.3 is 10.1 Å². The highest BCUT2D eigenvalue weighted by atomic mass is 35.5. The Balaban J connectivity index is 1.96. The summed E-state index contributed by atoms with van der Waals surface area (Å²) in [6, 6.07) is 12.7. The zero-order valence-corrected chi connectivity index (χ0v) is 17.2. The summed E-state index contributed by atoms with van der Waals surface area (Å²) in [6.07, 6.45) is 0. The molecule has 1 N–H and O–H groups in total. The molecule has 3 aromatic carbocycles. The average molecular weight is 453 g/mol. The number of aryl methyl sites for hydroxylation is 1. The number of rotatable bonds is 5. The molecule has 3 aromatic rings. The Morgan fingerprint density at radius 1 is 1.00 bits per heavy atom. The van der Waals surface area contributed by atoms with Gasteiger partial charge in [0.1, 0.15) is 11.6 Å². The number of hydrogen-bond acceptors (Lipinski definition) is 3. The molecule has 3 rings (SSSR count). The molecule has 0 heterocycles. The second kappa shape index (κ2) is 8.82. The zero-order chi connectivity index (χ0) is 21.1. The Bertz CT molecular complexity index is 1100. The van der Waals surface area contributed by atoms with Crippen LogP contribution in [0.1, 0.15) is 15.9 Å². The van der Waals surface area contributed by atoms with Crippen LogP contribution in [0.3, 0.4) is 0 Å². The number of carbonyl (C=O) groups is 2. The van der Waals surface area contributed by atoms with Crippen molar-refractivity contribution in [3.05, 3.63) is 80.5 Å².